The Kier molecular flexibility index (Phi) is 4.39. The molecule has 1 N–H and O–H groups in total. The number of hydrogen-bond acceptors (Lipinski definition) is 3. The van der Waals surface area contributed by atoms with Crippen LogP contribution in [0.3, 0.4) is 0 Å². The van der Waals surface area contributed by atoms with Crippen LogP contribution in [-0.2, 0) is 6.61 Å². The van der Waals surface area contributed by atoms with Gasteiger partial charge in [0.15, 0.2) is 6.10 Å². The highest BCUT2D eigenvalue weighted by Crippen LogP contribution is 2.25. The Balaban J connectivity index is 2.22. The van der Waals surface area contributed by atoms with E-state index in [0.29, 0.717) is 12.2 Å². The van der Waals surface area contributed by atoms with Crippen molar-refractivity contribution in [2.75, 3.05) is 0 Å². The average molecular weight is 267 g/mol. The first-order valence-electron chi connectivity index (χ1n) is 6.48. The number of para-hydroxylation sites is 1. The van der Waals surface area contributed by atoms with Crippen LogP contribution in [0.25, 0.3) is 0 Å². The molecule has 2 aromatic rings. The zero-order valence-electron chi connectivity index (χ0n) is 11.6. The van der Waals surface area contributed by atoms with E-state index in [-0.39, 0.29) is 0 Å². The summed E-state index contributed by atoms with van der Waals surface area (Å²) < 4.78 is 5.87. The standard InChI is InChI=1S/C17H17NO2/c1-12-6-5-7-13(2)17(12)20-11-14-8-3-4-9-15(14)16(19)10-18/h3-9,16,19H,11H2,1-2H3. The van der Waals surface area contributed by atoms with Gasteiger partial charge in [-0.05, 0) is 30.5 Å². The van der Waals surface area contributed by atoms with Crippen LogP contribution in [0.2, 0.25) is 0 Å². The molecule has 2 rings (SSSR count). The van der Waals surface area contributed by atoms with Gasteiger partial charge in [0.1, 0.15) is 12.4 Å². The van der Waals surface area contributed by atoms with Gasteiger partial charge in [-0.25, -0.2) is 0 Å². The molecule has 2 aromatic carbocycles. The van der Waals surface area contributed by atoms with Gasteiger partial charge in [-0.15, -0.1) is 0 Å². The molecule has 0 aromatic heterocycles. The Labute approximate surface area is 119 Å². The zero-order valence-corrected chi connectivity index (χ0v) is 11.6. The van der Waals surface area contributed by atoms with Gasteiger partial charge >= 0.3 is 0 Å². The van der Waals surface area contributed by atoms with E-state index in [0.717, 1.165) is 22.4 Å². The maximum Gasteiger partial charge on any atom is 0.166 e. The first-order chi connectivity index (χ1) is 9.63. The van der Waals surface area contributed by atoms with Crippen LogP contribution in [0.1, 0.15) is 28.4 Å². The second-order valence-electron chi connectivity index (χ2n) is 4.74. The minimum absolute atomic E-state index is 0.334. The van der Waals surface area contributed by atoms with Gasteiger partial charge in [0.2, 0.25) is 0 Å². The zero-order chi connectivity index (χ0) is 14.5. The molecule has 0 saturated carbocycles. The third kappa shape index (κ3) is 2.98. The molecule has 0 aliphatic heterocycles. The second-order valence-corrected chi connectivity index (χ2v) is 4.74. The number of ether oxygens (including phenoxy) is 1. The predicted molar refractivity (Wildman–Crippen MR) is 77.3 cm³/mol. The van der Waals surface area contributed by atoms with Gasteiger partial charge < -0.3 is 9.84 Å². The van der Waals surface area contributed by atoms with E-state index in [1.807, 2.05) is 50.2 Å². The summed E-state index contributed by atoms with van der Waals surface area (Å²) in [6.45, 7) is 4.33. The van der Waals surface area contributed by atoms with E-state index >= 15 is 0 Å². The van der Waals surface area contributed by atoms with Gasteiger partial charge in [0.05, 0.1) is 6.07 Å². The molecular formula is C17H17NO2. The summed E-state index contributed by atoms with van der Waals surface area (Å²) in [6.07, 6.45) is -1.12. The highest BCUT2D eigenvalue weighted by Gasteiger charge is 2.12. The highest BCUT2D eigenvalue weighted by atomic mass is 16.5. The topological polar surface area (TPSA) is 53.2 Å². The molecule has 3 nitrogen and oxygen atoms in total. The van der Waals surface area contributed by atoms with E-state index in [1.54, 1.807) is 12.1 Å². The molecule has 0 bridgehead atoms. The number of nitrogens with zero attached hydrogens (tertiary/aromatic N) is 1. The van der Waals surface area contributed by atoms with Crippen molar-refractivity contribution in [1.29, 1.82) is 5.26 Å². The monoisotopic (exact) mass is 267 g/mol. The number of benzene rings is 2. The Morgan fingerprint density at radius 3 is 2.40 bits per heavy atom. The summed E-state index contributed by atoms with van der Waals surface area (Å²) in [5.74, 6) is 0.855. The van der Waals surface area contributed by atoms with Gasteiger partial charge in [0.25, 0.3) is 0 Å². The number of nitriles is 1. The normalized spacial score (nSPS) is 11.7. The lowest BCUT2D eigenvalue weighted by Gasteiger charge is -2.14. The minimum atomic E-state index is -1.12. The van der Waals surface area contributed by atoms with Crippen LogP contribution in [0.5, 0.6) is 5.75 Å². The minimum Gasteiger partial charge on any atom is -0.488 e. The Bertz CT molecular complexity index is 623. The molecule has 0 heterocycles. The smallest absolute Gasteiger partial charge is 0.166 e. The van der Waals surface area contributed by atoms with Crippen molar-refractivity contribution in [3.63, 3.8) is 0 Å². The van der Waals surface area contributed by atoms with Crippen molar-refractivity contribution in [3.8, 4) is 11.8 Å². The molecule has 102 valence electrons. The highest BCUT2D eigenvalue weighted by molar-refractivity contribution is 5.40. The van der Waals surface area contributed by atoms with Crippen LogP contribution >= 0.6 is 0 Å². The fraction of sp³-hybridized carbons (Fsp3) is 0.235. The predicted octanol–water partition coefficient (Wildman–Crippen LogP) is 3.44. The molecule has 1 unspecified atom stereocenters. The number of rotatable bonds is 4. The summed E-state index contributed by atoms with van der Waals surface area (Å²) in [7, 11) is 0. The molecule has 0 aliphatic carbocycles. The number of aliphatic hydroxyl groups is 1. The van der Waals surface area contributed by atoms with Crippen LogP contribution in [-0.4, -0.2) is 5.11 Å². The molecule has 0 aliphatic rings. The largest absolute Gasteiger partial charge is 0.488 e. The summed E-state index contributed by atoms with van der Waals surface area (Å²) in [5.41, 5.74) is 3.57. The van der Waals surface area contributed by atoms with Crippen molar-refractivity contribution >= 4 is 0 Å². The van der Waals surface area contributed by atoms with Crippen LogP contribution in [0.15, 0.2) is 42.5 Å². The van der Waals surface area contributed by atoms with Gasteiger partial charge in [-0.2, -0.15) is 5.26 Å². The summed E-state index contributed by atoms with van der Waals surface area (Å²) in [5, 5.41) is 18.5. The van der Waals surface area contributed by atoms with E-state index in [9.17, 15) is 5.11 Å². The van der Waals surface area contributed by atoms with Crippen LogP contribution in [0.4, 0.5) is 0 Å². The lowest BCUT2D eigenvalue weighted by atomic mass is 10.0. The Morgan fingerprint density at radius 2 is 1.75 bits per heavy atom. The van der Waals surface area contributed by atoms with Crippen molar-refractivity contribution in [3.05, 3.63) is 64.7 Å². The molecule has 1 atom stereocenters. The fourth-order valence-electron chi connectivity index (χ4n) is 2.18. The quantitative estimate of drug-likeness (QED) is 0.863. The average Bonchev–Trinajstić information content (AvgIpc) is 2.46. The maximum absolute atomic E-state index is 9.70. The first-order valence-corrected chi connectivity index (χ1v) is 6.48. The molecule has 0 radical (unpaired) electrons. The first kappa shape index (κ1) is 14.1. The lowest BCUT2D eigenvalue weighted by molar-refractivity contribution is 0.229. The van der Waals surface area contributed by atoms with Gasteiger partial charge in [-0.1, -0.05) is 42.5 Å². The Morgan fingerprint density at radius 1 is 1.10 bits per heavy atom. The SMILES string of the molecule is Cc1cccc(C)c1OCc1ccccc1C(O)C#N. The third-order valence-electron chi connectivity index (χ3n) is 3.25. The van der Waals surface area contributed by atoms with E-state index in [1.165, 1.54) is 0 Å². The van der Waals surface area contributed by atoms with Crippen LogP contribution in [0, 0.1) is 25.2 Å². The third-order valence-corrected chi connectivity index (χ3v) is 3.25. The molecule has 0 fully saturated rings. The van der Waals surface area contributed by atoms with Crippen LogP contribution < -0.4 is 4.74 Å². The summed E-state index contributed by atoms with van der Waals surface area (Å²) in [4.78, 5) is 0. The van der Waals surface area contributed by atoms with Crippen molar-refractivity contribution in [2.45, 2.75) is 26.6 Å². The molecule has 0 saturated heterocycles. The molecule has 0 spiro atoms. The number of aryl methyl sites for hydroxylation is 2. The number of hydrogen-bond donors (Lipinski definition) is 1. The van der Waals surface area contributed by atoms with Crippen molar-refractivity contribution in [1.82, 2.24) is 0 Å². The lowest BCUT2D eigenvalue weighted by Crippen LogP contribution is -2.05. The number of aliphatic hydroxyl groups excluding tert-OH is 1. The fourth-order valence-corrected chi connectivity index (χ4v) is 2.18. The molecule has 0 amide bonds. The van der Waals surface area contributed by atoms with Crippen molar-refractivity contribution in [2.24, 2.45) is 0 Å². The van der Waals surface area contributed by atoms with Crippen molar-refractivity contribution < 1.29 is 9.84 Å². The van der Waals surface area contributed by atoms with E-state index < -0.39 is 6.10 Å². The summed E-state index contributed by atoms with van der Waals surface area (Å²) in [6, 6.07) is 15.1. The maximum atomic E-state index is 9.70. The van der Waals surface area contributed by atoms with Gasteiger partial charge in [-0.3, -0.25) is 0 Å². The van der Waals surface area contributed by atoms with Gasteiger partial charge in [0, 0.05) is 5.56 Å². The summed E-state index contributed by atoms with van der Waals surface area (Å²) >= 11 is 0. The molecule has 20 heavy (non-hydrogen) atoms. The second kappa shape index (κ2) is 6.23. The molecular weight excluding hydrogens is 250 g/mol. The van der Waals surface area contributed by atoms with E-state index in [4.69, 9.17) is 10.00 Å². The Hall–Kier alpha value is -2.31. The van der Waals surface area contributed by atoms with E-state index in [2.05, 4.69) is 0 Å². The molecule has 3 heteroatoms.